The van der Waals surface area contributed by atoms with Gasteiger partial charge in [0.15, 0.2) is 0 Å². The lowest BCUT2D eigenvalue weighted by Crippen LogP contribution is -2.21. The Morgan fingerprint density at radius 2 is 1.89 bits per heavy atom. The van der Waals surface area contributed by atoms with Crippen molar-refractivity contribution in [3.63, 3.8) is 0 Å². The Kier molecular flexibility index (Phi) is 6.49. The van der Waals surface area contributed by atoms with Crippen LogP contribution < -0.4 is 16.1 Å². The third-order valence-electron chi connectivity index (χ3n) is 4.17. The third kappa shape index (κ3) is 4.61. The SMILES string of the molecule is CCN(CC)c1ccc(NC(=O)CSc2nnc(-c3ccccn3)n2N)cc1. The first kappa shape index (κ1) is 19.7. The molecule has 0 saturated heterocycles. The van der Waals surface area contributed by atoms with Gasteiger partial charge < -0.3 is 16.1 Å². The van der Waals surface area contributed by atoms with Gasteiger partial charge in [0.25, 0.3) is 0 Å². The molecule has 1 aromatic carbocycles. The van der Waals surface area contributed by atoms with Crippen LogP contribution in [0.3, 0.4) is 0 Å². The molecular formula is C19H23N7OS. The van der Waals surface area contributed by atoms with E-state index in [0.717, 1.165) is 24.5 Å². The van der Waals surface area contributed by atoms with E-state index in [1.807, 2.05) is 36.4 Å². The van der Waals surface area contributed by atoms with E-state index in [4.69, 9.17) is 5.84 Å². The molecule has 1 amide bonds. The molecule has 0 unspecified atom stereocenters. The van der Waals surface area contributed by atoms with Crippen LogP contribution in [-0.4, -0.2) is 44.6 Å². The third-order valence-corrected chi connectivity index (χ3v) is 5.11. The van der Waals surface area contributed by atoms with Crippen molar-refractivity contribution in [2.45, 2.75) is 19.0 Å². The normalized spacial score (nSPS) is 10.6. The van der Waals surface area contributed by atoms with Crippen molar-refractivity contribution in [2.75, 3.05) is 34.9 Å². The van der Waals surface area contributed by atoms with Crippen LogP contribution in [0.5, 0.6) is 0 Å². The van der Waals surface area contributed by atoms with Crippen molar-refractivity contribution in [2.24, 2.45) is 0 Å². The molecule has 3 rings (SSSR count). The smallest absolute Gasteiger partial charge is 0.234 e. The number of nitrogen functional groups attached to an aromatic ring is 1. The van der Waals surface area contributed by atoms with E-state index >= 15 is 0 Å². The largest absolute Gasteiger partial charge is 0.372 e. The van der Waals surface area contributed by atoms with Gasteiger partial charge in [-0.25, -0.2) is 4.68 Å². The number of carbonyl (C=O) groups is 1. The molecule has 0 aliphatic rings. The number of rotatable bonds is 8. The number of aromatic nitrogens is 4. The maximum Gasteiger partial charge on any atom is 0.234 e. The first-order valence-corrected chi connectivity index (χ1v) is 10.0. The average Bonchev–Trinajstić information content (AvgIpc) is 3.09. The number of nitrogens with zero attached hydrogens (tertiary/aromatic N) is 5. The average molecular weight is 398 g/mol. The van der Waals surface area contributed by atoms with Gasteiger partial charge in [0.1, 0.15) is 5.69 Å². The van der Waals surface area contributed by atoms with Crippen LogP contribution in [0, 0.1) is 0 Å². The van der Waals surface area contributed by atoms with Crippen LogP contribution in [0.2, 0.25) is 0 Å². The Hall–Kier alpha value is -3.07. The maximum absolute atomic E-state index is 12.3. The van der Waals surface area contributed by atoms with Gasteiger partial charge in [-0.1, -0.05) is 17.8 Å². The Balaban J connectivity index is 1.57. The summed E-state index contributed by atoms with van der Waals surface area (Å²) in [6.07, 6.45) is 1.66. The molecule has 0 saturated carbocycles. The van der Waals surface area contributed by atoms with Crippen LogP contribution in [0.1, 0.15) is 13.8 Å². The number of pyridine rings is 1. The number of hydrogen-bond acceptors (Lipinski definition) is 7. The lowest BCUT2D eigenvalue weighted by Gasteiger charge is -2.21. The van der Waals surface area contributed by atoms with E-state index < -0.39 is 0 Å². The van der Waals surface area contributed by atoms with E-state index in [1.54, 1.807) is 12.3 Å². The summed E-state index contributed by atoms with van der Waals surface area (Å²) in [6.45, 7) is 6.12. The minimum atomic E-state index is -0.136. The zero-order valence-corrected chi connectivity index (χ0v) is 16.7. The van der Waals surface area contributed by atoms with Gasteiger partial charge in [0.05, 0.1) is 5.75 Å². The van der Waals surface area contributed by atoms with Gasteiger partial charge in [-0.05, 0) is 50.2 Å². The van der Waals surface area contributed by atoms with E-state index in [9.17, 15) is 4.79 Å². The fraction of sp³-hybridized carbons (Fsp3) is 0.263. The van der Waals surface area contributed by atoms with Gasteiger partial charge in [-0.3, -0.25) is 9.78 Å². The van der Waals surface area contributed by atoms with Gasteiger partial charge in [0, 0.05) is 30.7 Å². The van der Waals surface area contributed by atoms with Crippen LogP contribution >= 0.6 is 11.8 Å². The number of hydrogen-bond donors (Lipinski definition) is 2. The minimum absolute atomic E-state index is 0.136. The van der Waals surface area contributed by atoms with Crippen LogP contribution in [0.25, 0.3) is 11.5 Å². The molecule has 146 valence electrons. The zero-order chi connectivity index (χ0) is 19.9. The molecule has 2 aromatic heterocycles. The summed E-state index contributed by atoms with van der Waals surface area (Å²) in [5.41, 5.74) is 2.52. The molecule has 2 heterocycles. The quantitative estimate of drug-likeness (QED) is 0.445. The summed E-state index contributed by atoms with van der Waals surface area (Å²) in [6, 6.07) is 13.3. The minimum Gasteiger partial charge on any atom is -0.372 e. The molecule has 0 aliphatic carbocycles. The van der Waals surface area contributed by atoms with Crippen molar-refractivity contribution < 1.29 is 4.79 Å². The van der Waals surface area contributed by atoms with Crippen LogP contribution in [0.15, 0.2) is 53.8 Å². The lowest BCUT2D eigenvalue weighted by atomic mass is 10.2. The summed E-state index contributed by atoms with van der Waals surface area (Å²) in [4.78, 5) is 18.7. The van der Waals surface area contributed by atoms with E-state index in [1.165, 1.54) is 16.4 Å². The second-order valence-electron chi connectivity index (χ2n) is 5.95. The van der Waals surface area contributed by atoms with Gasteiger partial charge >= 0.3 is 0 Å². The van der Waals surface area contributed by atoms with Crippen LogP contribution in [-0.2, 0) is 4.79 Å². The van der Waals surface area contributed by atoms with Crippen LogP contribution in [0.4, 0.5) is 11.4 Å². The Labute approximate surface area is 168 Å². The first-order chi connectivity index (χ1) is 13.6. The second kappa shape index (κ2) is 9.23. The standard InChI is InChI=1S/C19H23N7OS/c1-3-25(4-2)15-10-8-14(9-11-15)22-17(27)13-28-19-24-23-18(26(19)20)16-7-5-6-12-21-16/h5-12H,3-4,13,20H2,1-2H3,(H,22,27). The monoisotopic (exact) mass is 397 g/mol. The van der Waals surface area contributed by atoms with Crippen molar-refractivity contribution in [3.05, 3.63) is 48.7 Å². The fourth-order valence-corrected chi connectivity index (χ4v) is 3.37. The number of thioether (sulfide) groups is 1. The van der Waals surface area contributed by atoms with E-state index in [-0.39, 0.29) is 11.7 Å². The summed E-state index contributed by atoms with van der Waals surface area (Å²) in [5, 5.41) is 11.4. The number of amides is 1. The molecule has 3 N–H and O–H groups in total. The van der Waals surface area contributed by atoms with Gasteiger partial charge in [-0.15, -0.1) is 10.2 Å². The molecule has 0 spiro atoms. The van der Waals surface area contributed by atoms with E-state index in [0.29, 0.717) is 16.7 Å². The number of anilines is 2. The number of benzene rings is 1. The molecule has 0 atom stereocenters. The van der Waals surface area contributed by atoms with Crippen molar-refractivity contribution in [1.29, 1.82) is 0 Å². The topological polar surface area (TPSA) is 102 Å². The Morgan fingerprint density at radius 1 is 1.14 bits per heavy atom. The number of nitrogens with two attached hydrogens (primary N) is 1. The van der Waals surface area contributed by atoms with Crippen molar-refractivity contribution >= 4 is 29.0 Å². The Morgan fingerprint density at radius 3 is 2.54 bits per heavy atom. The Bertz CT molecular complexity index is 908. The second-order valence-corrected chi connectivity index (χ2v) is 6.89. The highest BCUT2D eigenvalue weighted by Crippen LogP contribution is 2.21. The number of carbonyl (C=O) groups excluding carboxylic acids is 1. The zero-order valence-electron chi connectivity index (χ0n) is 15.9. The molecular weight excluding hydrogens is 374 g/mol. The predicted octanol–water partition coefficient (Wildman–Crippen LogP) is 2.63. The molecule has 0 fully saturated rings. The molecule has 8 nitrogen and oxygen atoms in total. The summed E-state index contributed by atoms with van der Waals surface area (Å²) in [7, 11) is 0. The molecule has 9 heteroatoms. The van der Waals surface area contributed by atoms with Gasteiger partial charge in [-0.2, -0.15) is 0 Å². The highest BCUT2D eigenvalue weighted by molar-refractivity contribution is 7.99. The molecule has 28 heavy (non-hydrogen) atoms. The fourth-order valence-electron chi connectivity index (χ4n) is 2.72. The maximum atomic E-state index is 12.3. The summed E-state index contributed by atoms with van der Waals surface area (Å²) >= 11 is 1.22. The highest BCUT2D eigenvalue weighted by Gasteiger charge is 2.14. The lowest BCUT2D eigenvalue weighted by molar-refractivity contribution is -0.113. The molecule has 0 radical (unpaired) electrons. The summed E-state index contributed by atoms with van der Waals surface area (Å²) < 4.78 is 1.35. The first-order valence-electron chi connectivity index (χ1n) is 9.02. The van der Waals surface area contributed by atoms with Crippen molar-refractivity contribution in [1.82, 2.24) is 19.9 Å². The van der Waals surface area contributed by atoms with Gasteiger partial charge in [0.2, 0.25) is 16.9 Å². The van der Waals surface area contributed by atoms with Crippen molar-refractivity contribution in [3.8, 4) is 11.5 Å². The molecule has 0 bridgehead atoms. The predicted molar refractivity (Wildman–Crippen MR) is 113 cm³/mol. The number of nitrogens with one attached hydrogen (secondary N) is 1. The molecule has 0 aliphatic heterocycles. The summed E-state index contributed by atoms with van der Waals surface area (Å²) in [5.74, 6) is 6.53. The molecule has 3 aromatic rings. The highest BCUT2D eigenvalue weighted by atomic mass is 32.2. The van der Waals surface area contributed by atoms with E-state index in [2.05, 4.69) is 39.2 Å².